The number of ether oxygens (including phenoxy) is 1. The standard InChI is InChI=1S/C18H21FN2O4S/c1-2-3-12-20-26(23,24)17-10-8-16(9-11-17)25-13-18(22)21-15-6-4-14(19)5-7-15/h4-11,20H,2-3,12-13H2,1H3,(H,21,22). The second kappa shape index (κ2) is 9.30. The van der Waals surface area contributed by atoms with Crippen molar-refractivity contribution in [3.63, 3.8) is 0 Å². The Balaban J connectivity index is 1.86. The minimum Gasteiger partial charge on any atom is -0.484 e. The first-order valence-electron chi connectivity index (χ1n) is 8.18. The monoisotopic (exact) mass is 380 g/mol. The zero-order valence-corrected chi connectivity index (χ0v) is 15.2. The number of anilines is 1. The zero-order chi connectivity index (χ0) is 19.0. The maximum Gasteiger partial charge on any atom is 0.262 e. The fraction of sp³-hybridized carbons (Fsp3) is 0.278. The van der Waals surface area contributed by atoms with E-state index in [0.717, 1.165) is 12.8 Å². The topological polar surface area (TPSA) is 84.5 Å². The summed E-state index contributed by atoms with van der Waals surface area (Å²) in [5, 5.41) is 2.57. The van der Waals surface area contributed by atoms with Gasteiger partial charge in [0.15, 0.2) is 6.61 Å². The van der Waals surface area contributed by atoms with E-state index in [4.69, 9.17) is 4.74 Å². The molecule has 0 spiro atoms. The lowest BCUT2D eigenvalue weighted by atomic mass is 10.3. The second-order valence-electron chi connectivity index (χ2n) is 5.57. The molecule has 0 bridgehead atoms. The van der Waals surface area contributed by atoms with Crippen LogP contribution in [0.1, 0.15) is 19.8 Å². The van der Waals surface area contributed by atoms with E-state index in [1.54, 1.807) is 0 Å². The zero-order valence-electron chi connectivity index (χ0n) is 14.4. The molecule has 140 valence electrons. The lowest BCUT2D eigenvalue weighted by molar-refractivity contribution is -0.118. The van der Waals surface area contributed by atoms with Crippen LogP contribution in [-0.2, 0) is 14.8 Å². The van der Waals surface area contributed by atoms with Gasteiger partial charge in [0.1, 0.15) is 11.6 Å². The van der Waals surface area contributed by atoms with Crippen molar-refractivity contribution in [2.24, 2.45) is 0 Å². The van der Waals surface area contributed by atoms with Crippen LogP contribution in [0.2, 0.25) is 0 Å². The lowest BCUT2D eigenvalue weighted by Gasteiger charge is -2.09. The number of hydrogen-bond donors (Lipinski definition) is 2. The first kappa shape index (κ1) is 19.9. The van der Waals surface area contributed by atoms with Gasteiger partial charge in [0.05, 0.1) is 4.90 Å². The van der Waals surface area contributed by atoms with Gasteiger partial charge >= 0.3 is 0 Å². The molecule has 2 aromatic rings. The van der Waals surface area contributed by atoms with Gasteiger partial charge in [0.25, 0.3) is 5.91 Å². The molecule has 0 aromatic heterocycles. The van der Waals surface area contributed by atoms with Crippen molar-refractivity contribution >= 4 is 21.6 Å². The molecule has 0 heterocycles. The number of carbonyl (C=O) groups is 1. The molecule has 0 radical (unpaired) electrons. The molecule has 0 aliphatic carbocycles. The van der Waals surface area contributed by atoms with Crippen LogP contribution >= 0.6 is 0 Å². The summed E-state index contributed by atoms with van der Waals surface area (Å²) in [6, 6.07) is 11.2. The molecule has 0 aliphatic rings. The smallest absolute Gasteiger partial charge is 0.262 e. The van der Waals surface area contributed by atoms with Gasteiger partial charge < -0.3 is 10.1 Å². The van der Waals surface area contributed by atoms with Crippen LogP contribution in [0.15, 0.2) is 53.4 Å². The number of amides is 1. The maximum atomic E-state index is 12.8. The predicted molar refractivity (Wildman–Crippen MR) is 97.1 cm³/mol. The number of sulfonamides is 1. The highest BCUT2D eigenvalue weighted by Gasteiger charge is 2.13. The molecule has 0 aliphatic heterocycles. The fourth-order valence-electron chi connectivity index (χ4n) is 2.06. The molecule has 0 saturated heterocycles. The summed E-state index contributed by atoms with van der Waals surface area (Å²) in [5.41, 5.74) is 0.458. The molecule has 8 heteroatoms. The van der Waals surface area contributed by atoms with Crippen molar-refractivity contribution in [3.05, 3.63) is 54.3 Å². The van der Waals surface area contributed by atoms with Crippen molar-refractivity contribution in [3.8, 4) is 5.75 Å². The van der Waals surface area contributed by atoms with Crippen molar-refractivity contribution in [1.82, 2.24) is 4.72 Å². The Morgan fingerprint density at radius 2 is 1.73 bits per heavy atom. The first-order valence-corrected chi connectivity index (χ1v) is 9.67. The molecule has 0 atom stereocenters. The Labute approximate surface area is 152 Å². The van der Waals surface area contributed by atoms with Gasteiger partial charge in [0, 0.05) is 12.2 Å². The van der Waals surface area contributed by atoms with Crippen LogP contribution in [0.25, 0.3) is 0 Å². The summed E-state index contributed by atoms with van der Waals surface area (Å²) in [7, 11) is -3.54. The number of nitrogens with one attached hydrogen (secondary N) is 2. The average Bonchev–Trinajstić information content (AvgIpc) is 2.62. The SMILES string of the molecule is CCCCNS(=O)(=O)c1ccc(OCC(=O)Nc2ccc(F)cc2)cc1. The molecule has 0 fully saturated rings. The highest BCUT2D eigenvalue weighted by molar-refractivity contribution is 7.89. The van der Waals surface area contributed by atoms with Crippen molar-refractivity contribution < 1.29 is 22.3 Å². The van der Waals surface area contributed by atoms with Crippen molar-refractivity contribution in [1.29, 1.82) is 0 Å². The van der Waals surface area contributed by atoms with E-state index in [-0.39, 0.29) is 11.5 Å². The van der Waals surface area contributed by atoms with Crippen LogP contribution in [-0.4, -0.2) is 27.5 Å². The predicted octanol–water partition coefficient (Wildman–Crippen LogP) is 2.92. The molecular formula is C18H21FN2O4S. The van der Waals surface area contributed by atoms with E-state index in [0.29, 0.717) is 18.0 Å². The third-order valence-electron chi connectivity index (χ3n) is 3.45. The van der Waals surface area contributed by atoms with Crippen LogP contribution in [0, 0.1) is 5.82 Å². The molecule has 0 saturated carbocycles. The highest BCUT2D eigenvalue weighted by atomic mass is 32.2. The van der Waals surface area contributed by atoms with E-state index in [2.05, 4.69) is 10.0 Å². The molecule has 1 amide bonds. The summed E-state index contributed by atoms with van der Waals surface area (Å²) >= 11 is 0. The fourth-order valence-corrected chi connectivity index (χ4v) is 3.13. The van der Waals surface area contributed by atoms with Gasteiger partial charge in [-0.15, -0.1) is 0 Å². The lowest BCUT2D eigenvalue weighted by Crippen LogP contribution is -2.24. The quantitative estimate of drug-likeness (QED) is 0.655. The van der Waals surface area contributed by atoms with Gasteiger partial charge in [-0.25, -0.2) is 17.5 Å². The normalized spacial score (nSPS) is 11.2. The largest absolute Gasteiger partial charge is 0.484 e. The summed E-state index contributed by atoms with van der Waals surface area (Å²) in [4.78, 5) is 11.9. The Bertz CT molecular complexity index is 821. The molecular weight excluding hydrogens is 359 g/mol. The molecule has 2 rings (SSSR count). The van der Waals surface area contributed by atoms with E-state index in [9.17, 15) is 17.6 Å². The molecule has 26 heavy (non-hydrogen) atoms. The number of rotatable bonds is 9. The third-order valence-corrected chi connectivity index (χ3v) is 4.93. The van der Waals surface area contributed by atoms with Crippen molar-refractivity contribution in [2.45, 2.75) is 24.7 Å². The first-order chi connectivity index (χ1) is 12.4. The number of benzene rings is 2. The highest BCUT2D eigenvalue weighted by Crippen LogP contribution is 2.16. The third kappa shape index (κ3) is 6.12. The van der Waals surface area contributed by atoms with Gasteiger partial charge in [-0.05, 0) is 55.0 Å². The van der Waals surface area contributed by atoms with Crippen LogP contribution < -0.4 is 14.8 Å². The number of carbonyl (C=O) groups excluding carboxylic acids is 1. The molecule has 2 N–H and O–H groups in total. The molecule has 0 unspecified atom stereocenters. The number of unbranched alkanes of at least 4 members (excludes halogenated alkanes) is 1. The van der Waals surface area contributed by atoms with E-state index < -0.39 is 21.7 Å². The minimum atomic E-state index is -3.54. The van der Waals surface area contributed by atoms with Crippen LogP contribution in [0.5, 0.6) is 5.75 Å². The van der Waals surface area contributed by atoms with Gasteiger partial charge in [-0.1, -0.05) is 13.3 Å². The summed E-state index contributed by atoms with van der Waals surface area (Å²) in [6.45, 7) is 2.12. The summed E-state index contributed by atoms with van der Waals surface area (Å²) in [6.07, 6.45) is 1.67. The average molecular weight is 380 g/mol. The van der Waals surface area contributed by atoms with E-state index in [1.807, 2.05) is 6.92 Å². The van der Waals surface area contributed by atoms with Gasteiger partial charge in [-0.2, -0.15) is 0 Å². The van der Waals surface area contributed by atoms with E-state index >= 15 is 0 Å². The van der Waals surface area contributed by atoms with Crippen LogP contribution in [0.3, 0.4) is 0 Å². The second-order valence-corrected chi connectivity index (χ2v) is 7.33. The summed E-state index contributed by atoms with van der Waals surface area (Å²) < 4.78 is 44.8. The Kier molecular flexibility index (Phi) is 7.11. The van der Waals surface area contributed by atoms with Crippen molar-refractivity contribution in [2.75, 3.05) is 18.5 Å². The van der Waals surface area contributed by atoms with Crippen LogP contribution in [0.4, 0.5) is 10.1 Å². The number of hydrogen-bond acceptors (Lipinski definition) is 4. The molecule has 6 nitrogen and oxygen atoms in total. The van der Waals surface area contributed by atoms with E-state index in [1.165, 1.54) is 48.5 Å². The minimum absolute atomic E-state index is 0.136. The Morgan fingerprint density at radius 3 is 2.35 bits per heavy atom. The Hall–Kier alpha value is -2.45. The summed E-state index contributed by atoms with van der Waals surface area (Å²) in [5.74, 6) is -0.431. The van der Waals surface area contributed by atoms with Gasteiger partial charge in [-0.3, -0.25) is 4.79 Å². The Morgan fingerprint density at radius 1 is 1.08 bits per heavy atom. The van der Waals surface area contributed by atoms with Gasteiger partial charge in [0.2, 0.25) is 10.0 Å². The molecule has 2 aromatic carbocycles. The maximum absolute atomic E-state index is 12.8. The number of halogens is 1.